The van der Waals surface area contributed by atoms with E-state index in [1.54, 1.807) is 18.2 Å². The van der Waals surface area contributed by atoms with Gasteiger partial charge in [-0.25, -0.2) is 8.42 Å². The minimum absolute atomic E-state index is 0.0110. The number of benzene rings is 2. The Hall–Kier alpha value is -1.80. The van der Waals surface area contributed by atoms with Gasteiger partial charge in [-0.1, -0.05) is 35.3 Å². The molecule has 1 saturated heterocycles. The highest BCUT2D eigenvalue weighted by Crippen LogP contribution is 2.28. The SMILES string of the molecule is O=C(NCC1CCCO1)c1ccccc1NS(=O)(=O)c1cc(Cl)ccc1Cl. The van der Waals surface area contributed by atoms with E-state index in [0.717, 1.165) is 12.8 Å². The Kier molecular flexibility index (Phi) is 6.26. The van der Waals surface area contributed by atoms with E-state index in [-0.39, 0.29) is 38.2 Å². The minimum atomic E-state index is -4.02. The van der Waals surface area contributed by atoms with Crippen LogP contribution in [0.3, 0.4) is 0 Å². The third-order valence-corrected chi connectivity index (χ3v) is 6.20. The van der Waals surface area contributed by atoms with Gasteiger partial charge in [-0.2, -0.15) is 0 Å². The van der Waals surface area contributed by atoms with Gasteiger partial charge in [0.25, 0.3) is 15.9 Å². The van der Waals surface area contributed by atoms with E-state index >= 15 is 0 Å². The van der Waals surface area contributed by atoms with Gasteiger partial charge in [-0.3, -0.25) is 9.52 Å². The normalized spacial score (nSPS) is 16.9. The fraction of sp³-hybridized carbons (Fsp3) is 0.278. The fourth-order valence-corrected chi connectivity index (χ4v) is 4.60. The lowest BCUT2D eigenvalue weighted by Crippen LogP contribution is -2.32. The van der Waals surface area contributed by atoms with Gasteiger partial charge in [0.15, 0.2) is 0 Å². The van der Waals surface area contributed by atoms with Crippen molar-refractivity contribution in [1.82, 2.24) is 5.32 Å². The fourth-order valence-electron chi connectivity index (χ4n) is 2.76. The summed E-state index contributed by atoms with van der Waals surface area (Å²) < 4.78 is 33.3. The molecular formula is C18H18Cl2N2O4S. The van der Waals surface area contributed by atoms with Crippen molar-refractivity contribution >= 4 is 44.8 Å². The minimum Gasteiger partial charge on any atom is -0.376 e. The van der Waals surface area contributed by atoms with Crippen LogP contribution < -0.4 is 10.0 Å². The molecule has 2 N–H and O–H groups in total. The van der Waals surface area contributed by atoms with Crippen LogP contribution in [0.5, 0.6) is 0 Å². The Balaban J connectivity index is 1.80. The van der Waals surface area contributed by atoms with Gasteiger partial charge in [-0.15, -0.1) is 0 Å². The average molecular weight is 429 g/mol. The number of carbonyl (C=O) groups excluding carboxylic acids is 1. The highest BCUT2D eigenvalue weighted by atomic mass is 35.5. The standard InChI is InChI=1S/C18H18Cl2N2O4S/c19-12-7-8-15(20)17(10-12)27(24,25)22-16-6-2-1-5-14(16)18(23)21-11-13-4-3-9-26-13/h1-2,5-8,10,13,22H,3-4,9,11H2,(H,21,23). The molecule has 2 aromatic rings. The third kappa shape index (κ3) is 4.93. The Labute approximate surface area is 167 Å². The molecule has 1 heterocycles. The zero-order valence-corrected chi connectivity index (χ0v) is 16.6. The lowest BCUT2D eigenvalue weighted by Gasteiger charge is -2.15. The summed E-state index contributed by atoms with van der Waals surface area (Å²) in [4.78, 5) is 12.4. The van der Waals surface area contributed by atoms with Crippen LogP contribution in [0.15, 0.2) is 47.4 Å². The Morgan fingerprint density at radius 1 is 1.19 bits per heavy atom. The van der Waals surface area contributed by atoms with Crippen molar-refractivity contribution in [1.29, 1.82) is 0 Å². The van der Waals surface area contributed by atoms with E-state index in [0.29, 0.717) is 13.2 Å². The molecule has 0 spiro atoms. The van der Waals surface area contributed by atoms with E-state index in [9.17, 15) is 13.2 Å². The number of hydrogen-bond donors (Lipinski definition) is 2. The second-order valence-corrected chi connectivity index (χ2v) is 8.57. The molecule has 1 aliphatic rings. The molecule has 6 nitrogen and oxygen atoms in total. The molecule has 144 valence electrons. The Bertz CT molecular complexity index is 944. The molecule has 1 atom stereocenters. The number of hydrogen-bond acceptors (Lipinski definition) is 4. The molecular weight excluding hydrogens is 411 g/mol. The molecule has 1 unspecified atom stereocenters. The number of ether oxygens (including phenoxy) is 1. The number of nitrogens with one attached hydrogen (secondary N) is 2. The summed E-state index contributed by atoms with van der Waals surface area (Å²) >= 11 is 11.9. The predicted molar refractivity (Wildman–Crippen MR) is 105 cm³/mol. The van der Waals surface area contributed by atoms with E-state index in [2.05, 4.69) is 10.0 Å². The van der Waals surface area contributed by atoms with Crippen molar-refractivity contribution in [3.63, 3.8) is 0 Å². The first-order valence-corrected chi connectivity index (χ1v) is 10.6. The monoisotopic (exact) mass is 428 g/mol. The van der Waals surface area contributed by atoms with Gasteiger partial charge >= 0.3 is 0 Å². The van der Waals surface area contributed by atoms with Crippen molar-refractivity contribution in [2.45, 2.75) is 23.8 Å². The highest BCUT2D eigenvalue weighted by Gasteiger charge is 2.22. The molecule has 27 heavy (non-hydrogen) atoms. The quantitative estimate of drug-likeness (QED) is 0.734. The molecule has 0 aromatic heterocycles. The zero-order valence-electron chi connectivity index (χ0n) is 14.2. The second-order valence-electron chi connectivity index (χ2n) is 6.07. The van der Waals surface area contributed by atoms with Crippen LogP contribution in [0.1, 0.15) is 23.2 Å². The summed E-state index contributed by atoms with van der Waals surface area (Å²) in [5, 5.41) is 3.05. The summed E-state index contributed by atoms with van der Waals surface area (Å²) in [5.41, 5.74) is 0.357. The highest BCUT2D eigenvalue weighted by molar-refractivity contribution is 7.92. The number of sulfonamides is 1. The zero-order chi connectivity index (χ0) is 19.4. The summed E-state index contributed by atoms with van der Waals surface area (Å²) in [6.45, 7) is 1.07. The molecule has 2 aromatic carbocycles. The van der Waals surface area contributed by atoms with Crippen LogP contribution in [0, 0.1) is 0 Å². The average Bonchev–Trinajstić information content (AvgIpc) is 3.15. The molecule has 1 fully saturated rings. The van der Waals surface area contributed by atoms with E-state index in [1.807, 2.05) is 0 Å². The van der Waals surface area contributed by atoms with Gasteiger partial charge in [0.1, 0.15) is 4.90 Å². The topological polar surface area (TPSA) is 84.5 Å². The number of anilines is 1. The molecule has 3 rings (SSSR count). The maximum absolute atomic E-state index is 12.7. The summed E-state index contributed by atoms with van der Waals surface area (Å²) in [6, 6.07) is 10.5. The van der Waals surface area contributed by atoms with Crippen molar-refractivity contribution in [2.24, 2.45) is 0 Å². The van der Waals surface area contributed by atoms with Crippen molar-refractivity contribution in [3.8, 4) is 0 Å². The number of rotatable bonds is 6. The lowest BCUT2D eigenvalue weighted by atomic mass is 10.1. The third-order valence-electron chi connectivity index (χ3n) is 4.11. The molecule has 9 heteroatoms. The van der Waals surface area contributed by atoms with Gasteiger partial charge < -0.3 is 10.1 Å². The number of para-hydroxylation sites is 1. The molecule has 0 aliphatic carbocycles. The van der Waals surface area contributed by atoms with Crippen molar-refractivity contribution in [2.75, 3.05) is 17.9 Å². The second kappa shape index (κ2) is 8.48. The van der Waals surface area contributed by atoms with Crippen molar-refractivity contribution in [3.05, 3.63) is 58.1 Å². The van der Waals surface area contributed by atoms with Gasteiger partial charge in [0, 0.05) is 18.2 Å². The molecule has 0 bridgehead atoms. The summed E-state index contributed by atoms with van der Waals surface area (Å²) in [7, 11) is -4.02. The predicted octanol–water partition coefficient (Wildman–Crippen LogP) is 3.70. The Morgan fingerprint density at radius 2 is 1.96 bits per heavy atom. The van der Waals surface area contributed by atoms with Gasteiger partial charge in [-0.05, 0) is 43.2 Å². The molecule has 0 radical (unpaired) electrons. The van der Waals surface area contributed by atoms with Gasteiger partial charge in [0.2, 0.25) is 0 Å². The summed E-state index contributed by atoms with van der Waals surface area (Å²) in [5.74, 6) is -0.388. The van der Waals surface area contributed by atoms with Crippen LogP contribution in [-0.2, 0) is 14.8 Å². The van der Waals surface area contributed by atoms with E-state index < -0.39 is 10.0 Å². The first kappa shape index (κ1) is 19.9. The van der Waals surface area contributed by atoms with Crippen LogP contribution in [0.25, 0.3) is 0 Å². The first-order chi connectivity index (χ1) is 12.9. The Morgan fingerprint density at radius 3 is 2.70 bits per heavy atom. The maximum Gasteiger partial charge on any atom is 0.263 e. The smallest absolute Gasteiger partial charge is 0.263 e. The van der Waals surface area contributed by atoms with Crippen LogP contribution in [0.4, 0.5) is 5.69 Å². The number of amides is 1. The van der Waals surface area contributed by atoms with E-state index in [4.69, 9.17) is 27.9 Å². The van der Waals surface area contributed by atoms with Crippen LogP contribution in [-0.4, -0.2) is 33.6 Å². The van der Waals surface area contributed by atoms with Crippen molar-refractivity contribution < 1.29 is 17.9 Å². The number of carbonyl (C=O) groups is 1. The lowest BCUT2D eigenvalue weighted by molar-refractivity contribution is 0.0858. The van der Waals surface area contributed by atoms with Gasteiger partial charge in [0.05, 0.1) is 22.4 Å². The van der Waals surface area contributed by atoms with Crippen LogP contribution >= 0.6 is 23.2 Å². The number of halogens is 2. The molecule has 0 saturated carbocycles. The summed E-state index contributed by atoms with van der Waals surface area (Å²) in [6.07, 6.45) is 1.85. The maximum atomic E-state index is 12.7. The molecule has 1 aliphatic heterocycles. The molecule has 1 amide bonds. The van der Waals surface area contributed by atoms with E-state index in [1.165, 1.54) is 24.3 Å². The first-order valence-electron chi connectivity index (χ1n) is 8.33. The van der Waals surface area contributed by atoms with Crippen LogP contribution in [0.2, 0.25) is 10.0 Å². The largest absolute Gasteiger partial charge is 0.376 e.